The van der Waals surface area contributed by atoms with Gasteiger partial charge >= 0.3 is 0 Å². The van der Waals surface area contributed by atoms with Gasteiger partial charge in [0.05, 0.1) is 17.1 Å². The van der Waals surface area contributed by atoms with Crippen LogP contribution in [0.2, 0.25) is 0 Å². The summed E-state index contributed by atoms with van der Waals surface area (Å²) < 4.78 is 32.3. The number of nitrogens with one attached hydrogen (secondary N) is 1. The van der Waals surface area contributed by atoms with E-state index >= 15 is 0 Å². The van der Waals surface area contributed by atoms with Crippen molar-refractivity contribution in [2.45, 2.75) is 43.1 Å². The van der Waals surface area contributed by atoms with Gasteiger partial charge in [-0.2, -0.15) is 4.31 Å². The Labute approximate surface area is 172 Å². The van der Waals surface area contributed by atoms with Gasteiger partial charge in [-0.25, -0.2) is 8.42 Å². The third-order valence-electron chi connectivity index (χ3n) is 4.86. The van der Waals surface area contributed by atoms with Crippen molar-refractivity contribution in [3.05, 3.63) is 60.2 Å². The van der Waals surface area contributed by atoms with Gasteiger partial charge in [0, 0.05) is 26.2 Å². The van der Waals surface area contributed by atoms with Crippen molar-refractivity contribution in [3.63, 3.8) is 0 Å². The largest absolute Gasteiger partial charge is 0.491 e. The first-order valence-electron chi connectivity index (χ1n) is 9.63. The van der Waals surface area contributed by atoms with Crippen LogP contribution in [0.5, 0.6) is 5.75 Å². The predicted octanol–water partition coefficient (Wildman–Crippen LogP) is 1.36. The van der Waals surface area contributed by atoms with Gasteiger partial charge in [0.2, 0.25) is 10.0 Å². The molecule has 29 heavy (non-hydrogen) atoms. The van der Waals surface area contributed by atoms with Crippen LogP contribution in [-0.4, -0.2) is 60.4 Å². The summed E-state index contributed by atoms with van der Waals surface area (Å²) in [6.45, 7) is 4.11. The van der Waals surface area contributed by atoms with E-state index in [1.165, 1.54) is 12.1 Å². The van der Waals surface area contributed by atoms with Crippen LogP contribution in [0.4, 0.5) is 0 Å². The van der Waals surface area contributed by atoms with Crippen molar-refractivity contribution in [2.24, 2.45) is 0 Å². The molecule has 2 atom stereocenters. The summed E-state index contributed by atoms with van der Waals surface area (Å²) >= 11 is 0. The summed E-state index contributed by atoms with van der Waals surface area (Å²) in [4.78, 5) is 0.145. The Morgan fingerprint density at radius 3 is 2.62 bits per heavy atom. The molecule has 0 spiro atoms. The molecule has 1 saturated heterocycles. The van der Waals surface area contributed by atoms with Crippen LogP contribution >= 0.6 is 0 Å². The van der Waals surface area contributed by atoms with Gasteiger partial charge < -0.3 is 20.3 Å². The van der Waals surface area contributed by atoms with Crippen LogP contribution in [0.15, 0.2) is 59.5 Å². The molecule has 1 aliphatic heterocycles. The minimum atomic E-state index is -3.77. The van der Waals surface area contributed by atoms with Crippen molar-refractivity contribution in [3.8, 4) is 5.75 Å². The van der Waals surface area contributed by atoms with Gasteiger partial charge in [0.15, 0.2) is 0 Å². The smallest absolute Gasteiger partial charge is 0.243 e. The zero-order valence-corrected chi connectivity index (χ0v) is 17.5. The van der Waals surface area contributed by atoms with Gasteiger partial charge in [0.25, 0.3) is 0 Å². The summed E-state index contributed by atoms with van der Waals surface area (Å²) in [5.41, 5.74) is -0.596. The zero-order chi connectivity index (χ0) is 21.1. The van der Waals surface area contributed by atoms with Crippen LogP contribution in [0.25, 0.3) is 0 Å². The highest BCUT2D eigenvalue weighted by atomic mass is 32.2. The van der Waals surface area contributed by atoms with Crippen LogP contribution in [0.3, 0.4) is 0 Å². The van der Waals surface area contributed by atoms with E-state index in [4.69, 9.17) is 4.74 Å². The van der Waals surface area contributed by atoms with Gasteiger partial charge in [0.1, 0.15) is 11.4 Å². The molecule has 7 nitrogen and oxygen atoms in total. The molecule has 3 N–H and O–H groups in total. The van der Waals surface area contributed by atoms with E-state index in [0.717, 1.165) is 15.6 Å². The van der Waals surface area contributed by atoms with Crippen molar-refractivity contribution in [1.29, 1.82) is 0 Å². The lowest BCUT2D eigenvalue weighted by Gasteiger charge is -2.26. The zero-order valence-electron chi connectivity index (χ0n) is 16.7. The SMILES string of the molecule is CC(C)Oc1cccc(CNC[C@]2(O)CN(S(=O)(=O)c3ccccc3)C[C@H]2O)c1. The van der Waals surface area contributed by atoms with Crippen LogP contribution in [0, 0.1) is 0 Å². The molecule has 0 bridgehead atoms. The van der Waals surface area contributed by atoms with E-state index in [2.05, 4.69) is 5.32 Å². The molecule has 2 aromatic rings. The Hall–Kier alpha value is -1.97. The van der Waals surface area contributed by atoms with Crippen molar-refractivity contribution >= 4 is 10.0 Å². The second-order valence-corrected chi connectivity index (χ2v) is 9.59. The van der Waals surface area contributed by atoms with E-state index in [9.17, 15) is 18.6 Å². The number of hydrogen-bond donors (Lipinski definition) is 3. The fourth-order valence-electron chi connectivity index (χ4n) is 3.36. The summed E-state index contributed by atoms with van der Waals surface area (Å²) in [6, 6.07) is 15.6. The highest BCUT2D eigenvalue weighted by Gasteiger charge is 2.48. The minimum Gasteiger partial charge on any atom is -0.491 e. The second-order valence-electron chi connectivity index (χ2n) is 7.65. The number of nitrogens with zero attached hydrogens (tertiary/aromatic N) is 1. The van der Waals surface area contributed by atoms with Crippen LogP contribution < -0.4 is 10.1 Å². The third-order valence-corrected chi connectivity index (χ3v) is 6.68. The Kier molecular flexibility index (Phi) is 6.60. The first-order chi connectivity index (χ1) is 13.7. The molecular weight excluding hydrogens is 392 g/mol. The van der Waals surface area contributed by atoms with E-state index in [1.807, 2.05) is 38.1 Å². The lowest BCUT2D eigenvalue weighted by atomic mass is 10.0. The maximum absolute atomic E-state index is 12.8. The topological polar surface area (TPSA) is 99.1 Å². The fraction of sp³-hybridized carbons (Fsp3) is 0.429. The summed E-state index contributed by atoms with van der Waals surface area (Å²) in [5, 5.41) is 24.3. The number of rotatable bonds is 8. The van der Waals surface area contributed by atoms with Crippen molar-refractivity contribution in [1.82, 2.24) is 9.62 Å². The monoisotopic (exact) mass is 420 g/mol. The molecular formula is C21H28N2O5S. The fourth-order valence-corrected chi connectivity index (χ4v) is 4.89. The molecule has 0 aliphatic carbocycles. The molecule has 158 valence electrons. The quantitative estimate of drug-likeness (QED) is 0.596. The van der Waals surface area contributed by atoms with E-state index in [-0.39, 0.29) is 30.6 Å². The average Bonchev–Trinajstić information content (AvgIpc) is 2.98. The predicted molar refractivity (Wildman–Crippen MR) is 110 cm³/mol. The van der Waals surface area contributed by atoms with Crippen LogP contribution in [-0.2, 0) is 16.6 Å². The Morgan fingerprint density at radius 1 is 1.21 bits per heavy atom. The van der Waals surface area contributed by atoms with E-state index < -0.39 is 21.7 Å². The Balaban J connectivity index is 1.61. The van der Waals surface area contributed by atoms with Crippen LogP contribution in [0.1, 0.15) is 19.4 Å². The lowest BCUT2D eigenvalue weighted by molar-refractivity contribution is -0.0384. The number of benzene rings is 2. The number of ether oxygens (including phenoxy) is 1. The highest BCUT2D eigenvalue weighted by molar-refractivity contribution is 7.89. The number of aliphatic hydroxyl groups excluding tert-OH is 1. The first kappa shape index (κ1) is 21.7. The van der Waals surface area contributed by atoms with Gasteiger partial charge in [-0.05, 0) is 43.7 Å². The van der Waals surface area contributed by atoms with Gasteiger partial charge in [-0.3, -0.25) is 0 Å². The number of hydrogen-bond acceptors (Lipinski definition) is 6. The minimum absolute atomic E-state index is 0.0598. The van der Waals surface area contributed by atoms with Gasteiger partial charge in [-0.15, -0.1) is 0 Å². The molecule has 2 aromatic carbocycles. The molecule has 0 unspecified atom stereocenters. The third kappa shape index (κ3) is 5.15. The van der Waals surface area contributed by atoms with E-state index in [1.54, 1.807) is 18.2 Å². The molecule has 8 heteroatoms. The molecule has 1 fully saturated rings. The van der Waals surface area contributed by atoms with E-state index in [0.29, 0.717) is 6.54 Å². The second kappa shape index (κ2) is 8.81. The maximum atomic E-state index is 12.8. The maximum Gasteiger partial charge on any atom is 0.243 e. The Morgan fingerprint density at radius 2 is 1.93 bits per heavy atom. The molecule has 1 heterocycles. The van der Waals surface area contributed by atoms with Crippen molar-refractivity contribution < 1.29 is 23.4 Å². The molecule has 1 aliphatic rings. The number of aliphatic hydroxyl groups is 2. The number of β-amino-alcohol motifs (C(OH)–C–C–N with tert-alkyl or cyclic N) is 2. The average molecular weight is 421 g/mol. The summed E-state index contributed by atoms with van der Waals surface area (Å²) in [5.74, 6) is 0.763. The molecule has 0 aromatic heterocycles. The molecule has 0 radical (unpaired) electrons. The number of sulfonamides is 1. The van der Waals surface area contributed by atoms with Crippen molar-refractivity contribution in [2.75, 3.05) is 19.6 Å². The summed E-state index contributed by atoms with van der Waals surface area (Å²) in [7, 11) is -3.77. The highest BCUT2D eigenvalue weighted by Crippen LogP contribution is 2.27. The molecule has 0 saturated carbocycles. The van der Waals surface area contributed by atoms with Gasteiger partial charge in [-0.1, -0.05) is 30.3 Å². The summed E-state index contributed by atoms with van der Waals surface area (Å²) in [6.07, 6.45) is -1.10. The lowest BCUT2D eigenvalue weighted by Crippen LogP contribution is -2.50. The Bertz CT molecular complexity index is 920. The standard InChI is InChI=1S/C21H28N2O5S/c1-16(2)28-18-8-6-7-17(11-18)12-22-14-21(25)15-23(13-20(21)24)29(26,27)19-9-4-3-5-10-19/h3-11,16,20,22,24-25H,12-15H2,1-2H3/t20-,21+/m1/s1. The molecule has 3 rings (SSSR count). The molecule has 0 amide bonds. The first-order valence-corrected chi connectivity index (χ1v) is 11.1. The normalized spacial score (nSPS) is 22.9.